The molecular formula is C26H39N5O3. The summed E-state index contributed by atoms with van der Waals surface area (Å²) in [7, 11) is 3.17. The minimum absolute atomic E-state index is 0.296. The van der Waals surface area contributed by atoms with E-state index in [1.165, 1.54) is 12.6 Å². The highest BCUT2D eigenvalue weighted by Crippen LogP contribution is 2.39. The third kappa shape index (κ3) is 6.53. The maximum Gasteiger partial charge on any atom is 0.275 e. The fraction of sp³-hybridized carbons (Fsp3) is 0.538. The number of aromatic amines is 1. The normalized spacial score (nSPS) is 17.3. The topological polar surface area (TPSA) is 134 Å². The van der Waals surface area contributed by atoms with Crippen LogP contribution in [0.4, 0.5) is 5.69 Å². The maximum absolute atomic E-state index is 12.8. The lowest BCUT2D eigenvalue weighted by atomic mass is 9.77. The number of aldehydes is 1. The van der Waals surface area contributed by atoms with Gasteiger partial charge in [-0.25, -0.2) is 4.98 Å². The molecule has 5 N–H and O–H groups in total. The summed E-state index contributed by atoms with van der Waals surface area (Å²) in [6.45, 7) is 4.43. The number of aromatic nitrogens is 2. The van der Waals surface area contributed by atoms with Crippen molar-refractivity contribution in [3.63, 3.8) is 0 Å². The molecule has 0 unspecified atom stereocenters. The van der Waals surface area contributed by atoms with Crippen LogP contribution in [0.25, 0.3) is 11.4 Å². The van der Waals surface area contributed by atoms with Crippen LogP contribution >= 0.6 is 0 Å². The van der Waals surface area contributed by atoms with Crippen molar-refractivity contribution in [3.05, 3.63) is 39.8 Å². The number of hydrogen-bond donors (Lipinski definition) is 4. The number of carbonyl (C=O) groups excluding carboxylic acids is 1. The predicted octanol–water partition coefficient (Wildman–Crippen LogP) is 4.48. The molecule has 34 heavy (non-hydrogen) atoms. The number of carbonyl (C=O) groups is 1. The Hall–Kier alpha value is -3.00. The summed E-state index contributed by atoms with van der Waals surface area (Å²) in [6, 6.07) is 6.12. The Kier molecular flexibility index (Phi) is 10.9. The van der Waals surface area contributed by atoms with Gasteiger partial charge in [0.2, 0.25) is 0 Å². The van der Waals surface area contributed by atoms with Crippen molar-refractivity contribution in [1.29, 1.82) is 5.41 Å². The number of H-pyrrole nitrogens is 1. The lowest BCUT2D eigenvalue weighted by Gasteiger charge is -2.28. The third-order valence-electron chi connectivity index (χ3n) is 6.26. The van der Waals surface area contributed by atoms with Gasteiger partial charge >= 0.3 is 0 Å². The monoisotopic (exact) mass is 469 g/mol. The molecule has 1 aromatic carbocycles. The molecule has 1 heterocycles. The molecule has 0 aliphatic heterocycles. The van der Waals surface area contributed by atoms with Crippen molar-refractivity contribution in [2.75, 3.05) is 26.0 Å². The molecule has 1 saturated carbocycles. The highest BCUT2D eigenvalue weighted by molar-refractivity contribution is 6.01. The molecule has 3 rings (SSSR count). The quantitative estimate of drug-likeness (QED) is 0.299. The number of nitrogens with two attached hydrogens (primary N) is 1. The van der Waals surface area contributed by atoms with Crippen molar-refractivity contribution in [3.8, 4) is 17.1 Å². The summed E-state index contributed by atoms with van der Waals surface area (Å²) in [6.07, 6.45) is 7.22. The average Bonchev–Trinajstić information content (AvgIpc) is 2.86. The third-order valence-corrected chi connectivity index (χ3v) is 6.26. The van der Waals surface area contributed by atoms with Crippen LogP contribution in [-0.2, 0) is 4.79 Å². The first-order valence-electron chi connectivity index (χ1n) is 12.2. The van der Waals surface area contributed by atoms with E-state index in [4.69, 9.17) is 15.1 Å². The van der Waals surface area contributed by atoms with Crippen LogP contribution < -0.4 is 21.3 Å². The highest BCUT2D eigenvalue weighted by Gasteiger charge is 2.24. The number of nitrogens with zero attached hydrogens (tertiary/aromatic N) is 1. The minimum atomic E-state index is -0.296. The SMILES string of the molecule is CCCC(=N)c1nc(-c2cc(C3CCC(CC=O)CC3)ccc2OCC)[nH]c(=O)c1NC.CN. The predicted molar refractivity (Wildman–Crippen MR) is 138 cm³/mol. The lowest BCUT2D eigenvalue weighted by molar-refractivity contribution is -0.108. The Morgan fingerprint density at radius 1 is 1.26 bits per heavy atom. The van der Waals surface area contributed by atoms with Crippen molar-refractivity contribution in [1.82, 2.24) is 9.97 Å². The van der Waals surface area contributed by atoms with Crippen LogP contribution in [0, 0.1) is 11.3 Å². The van der Waals surface area contributed by atoms with Crippen LogP contribution in [-0.4, -0.2) is 42.7 Å². The van der Waals surface area contributed by atoms with Gasteiger partial charge in [0.05, 0.1) is 17.9 Å². The number of hydrogen-bond acceptors (Lipinski definition) is 7. The summed E-state index contributed by atoms with van der Waals surface area (Å²) in [5, 5.41) is 11.3. The van der Waals surface area contributed by atoms with Gasteiger partial charge in [0.1, 0.15) is 29.2 Å². The standard InChI is InChI=1S/C25H34N4O3.CH5N/c1-4-6-20(26)22-23(27-3)25(31)29-24(28-22)19-15-18(11-12-21(19)32-5-2)17-9-7-16(8-10-17)13-14-30;1-2/h11-12,14-17,26-27H,4-10,13H2,1-3H3,(H,28,29,31);2H2,1H3. The van der Waals surface area contributed by atoms with Crippen molar-refractivity contribution >= 4 is 17.7 Å². The van der Waals surface area contributed by atoms with Gasteiger partial charge < -0.3 is 31.0 Å². The molecule has 2 aromatic rings. The van der Waals surface area contributed by atoms with E-state index in [-0.39, 0.29) is 5.56 Å². The van der Waals surface area contributed by atoms with E-state index < -0.39 is 0 Å². The Morgan fingerprint density at radius 3 is 2.56 bits per heavy atom. The van der Waals surface area contributed by atoms with Gasteiger partial charge in [0.15, 0.2) is 0 Å². The first kappa shape index (κ1) is 27.2. The van der Waals surface area contributed by atoms with E-state index in [0.717, 1.165) is 44.0 Å². The molecule has 0 atom stereocenters. The van der Waals surface area contributed by atoms with E-state index in [1.54, 1.807) is 7.05 Å². The summed E-state index contributed by atoms with van der Waals surface area (Å²) < 4.78 is 5.86. The van der Waals surface area contributed by atoms with Gasteiger partial charge in [-0.05, 0) is 75.6 Å². The number of benzene rings is 1. The smallest absolute Gasteiger partial charge is 0.275 e. The molecule has 0 saturated heterocycles. The van der Waals surface area contributed by atoms with Crippen molar-refractivity contribution in [2.45, 2.75) is 64.7 Å². The Bertz CT molecular complexity index is 1010. The first-order chi connectivity index (χ1) is 16.5. The number of ether oxygens (including phenoxy) is 1. The molecule has 8 heteroatoms. The number of nitrogens with one attached hydrogen (secondary N) is 3. The second-order valence-corrected chi connectivity index (χ2v) is 8.43. The summed E-state index contributed by atoms with van der Waals surface area (Å²) in [4.78, 5) is 31.2. The van der Waals surface area contributed by atoms with Gasteiger partial charge in [-0.2, -0.15) is 0 Å². The molecule has 0 bridgehead atoms. The lowest BCUT2D eigenvalue weighted by Crippen LogP contribution is -2.20. The van der Waals surface area contributed by atoms with Crippen LogP contribution in [0.15, 0.2) is 23.0 Å². The molecule has 8 nitrogen and oxygen atoms in total. The zero-order valence-corrected chi connectivity index (χ0v) is 20.9. The van der Waals surface area contributed by atoms with Gasteiger partial charge in [0, 0.05) is 13.5 Å². The molecular weight excluding hydrogens is 430 g/mol. The first-order valence-corrected chi connectivity index (χ1v) is 12.2. The van der Waals surface area contributed by atoms with Gasteiger partial charge in [-0.15, -0.1) is 0 Å². The number of rotatable bonds is 10. The molecule has 0 spiro atoms. The average molecular weight is 470 g/mol. The van der Waals surface area contributed by atoms with E-state index in [9.17, 15) is 9.59 Å². The molecule has 1 aromatic heterocycles. The Morgan fingerprint density at radius 2 is 1.97 bits per heavy atom. The Balaban J connectivity index is 0.00000199. The summed E-state index contributed by atoms with van der Waals surface area (Å²) in [5.41, 5.74) is 7.18. The van der Waals surface area contributed by atoms with E-state index in [2.05, 4.69) is 28.2 Å². The molecule has 0 amide bonds. The molecule has 1 fully saturated rings. The second kappa shape index (κ2) is 13.6. The zero-order valence-electron chi connectivity index (χ0n) is 20.9. The second-order valence-electron chi connectivity index (χ2n) is 8.43. The minimum Gasteiger partial charge on any atom is -0.493 e. The van der Waals surface area contributed by atoms with E-state index in [1.807, 2.05) is 19.9 Å². The Labute approximate surface area is 202 Å². The van der Waals surface area contributed by atoms with Crippen molar-refractivity contribution < 1.29 is 9.53 Å². The van der Waals surface area contributed by atoms with Crippen LogP contribution in [0.2, 0.25) is 0 Å². The molecule has 0 radical (unpaired) electrons. The molecule has 1 aliphatic carbocycles. The van der Waals surface area contributed by atoms with Crippen LogP contribution in [0.5, 0.6) is 5.75 Å². The summed E-state index contributed by atoms with van der Waals surface area (Å²) >= 11 is 0. The maximum atomic E-state index is 12.8. The van der Waals surface area contributed by atoms with Gasteiger partial charge in [-0.3, -0.25) is 4.79 Å². The van der Waals surface area contributed by atoms with E-state index >= 15 is 0 Å². The van der Waals surface area contributed by atoms with Crippen LogP contribution in [0.3, 0.4) is 0 Å². The van der Waals surface area contributed by atoms with Gasteiger partial charge in [0.25, 0.3) is 5.56 Å². The molecule has 186 valence electrons. The fourth-order valence-corrected chi connectivity index (χ4v) is 4.56. The largest absolute Gasteiger partial charge is 0.493 e. The van der Waals surface area contributed by atoms with E-state index in [0.29, 0.717) is 60.0 Å². The zero-order chi connectivity index (χ0) is 25.1. The van der Waals surface area contributed by atoms with Crippen molar-refractivity contribution in [2.24, 2.45) is 11.7 Å². The summed E-state index contributed by atoms with van der Waals surface area (Å²) in [5.74, 6) is 1.99. The highest BCUT2D eigenvalue weighted by atomic mass is 16.5. The fourth-order valence-electron chi connectivity index (χ4n) is 4.56. The molecule has 1 aliphatic rings. The number of anilines is 1. The van der Waals surface area contributed by atoms with Crippen LogP contribution in [0.1, 0.15) is 76.0 Å². The van der Waals surface area contributed by atoms with Gasteiger partial charge in [-0.1, -0.05) is 19.4 Å².